The van der Waals surface area contributed by atoms with Crippen molar-refractivity contribution >= 4 is 0 Å². The van der Waals surface area contributed by atoms with Gasteiger partial charge in [-0.3, -0.25) is 4.90 Å². The van der Waals surface area contributed by atoms with Crippen LogP contribution in [0.25, 0.3) is 0 Å². The molecule has 1 aliphatic heterocycles. The zero-order valence-corrected chi connectivity index (χ0v) is 11.5. The van der Waals surface area contributed by atoms with E-state index in [0.717, 1.165) is 6.54 Å². The number of hydrogen-bond acceptors (Lipinski definition) is 2. The van der Waals surface area contributed by atoms with Gasteiger partial charge in [0.25, 0.3) is 0 Å². The van der Waals surface area contributed by atoms with Crippen molar-refractivity contribution in [3.05, 3.63) is 35.9 Å². The van der Waals surface area contributed by atoms with Crippen LogP contribution in [0, 0.1) is 11.3 Å². The van der Waals surface area contributed by atoms with Crippen molar-refractivity contribution in [1.82, 2.24) is 4.90 Å². The highest BCUT2D eigenvalue weighted by Crippen LogP contribution is 2.55. The van der Waals surface area contributed by atoms with Crippen LogP contribution < -0.4 is 5.73 Å². The molecular weight excluding hydrogens is 220 g/mol. The van der Waals surface area contributed by atoms with Gasteiger partial charge in [0, 0.05) is 18.6 Å². The first-order valence-electron chi connectivity index (χ1n) is 7.14. The third-order valence-corrected chi connectivity index (χ3v) is 5.05. The first-order valence-corrected chi connectivity index (χ1v) is 7.14. The summed E-state index contributed by atoms with van der Waals surface area (Å²) in [7, 11) is 0. The smallest absolute Gasteiger partial charge is 0.0236 e. The van der Waals surface area contributed by atoms with Gasteiger partial charge in [0.15, 0.2) is 0 Å². The van der Waals surface area contributed by atoms with Crippen LogP contribution in [-0.4, -0.2) is 23.5 Å². The second-order valence-electron chi connectivity index (χ2n) is 6.54. The summed E-state index contributed by atoms with van der Waals surface area (Å²) in [6.07, 6.45) is 2.66. The molecule has 0 spiro atoms. The zero-order chi connectivity index (χ0) is 12.8. The number of rotatable bonds is 3. The van der Waals surface area contributed by atoms with Gasteiger partial charge in [0.1, 0.15) is 0 Å². The van der Waals surface area contributed by atoms with E-state index in [1.165, 1.54) is 24.9 Å². The number of nitrogens with zero attached hydrogens (tertiary/aromatic N) is 1. The molecule has 1 aromatic carbocycles. The van der Waals surface area contributed by atoms with Crippen LogP contribution in [0.2, 0.25) is 0 Å². The standard InChI is InChI=1S/C16H24N2/c1-16(2)14(15(16)17)13-9-6-10-18(13)11-12-7-4-3-5-8-12/h3-5,7-8,13-15H,6,9-11,17H2,1-2H3/t13?,14-,15-/m0/s1. The highest BCUT2D eigenvalue weighted by Gasteiger charge is 2.60. The highest BCUT2D eigenvalue weighted by atomic mass is 15.2. The normalized spacial score (nSPS) is 34.7. The van der Waals surface area contributed by atoms with E-state index in [1.54, 1.807) is 0 Å². The van der Waals surface area contributed by atoms with Crippen LogP contribution in [0.3, 0.4) is 0 Å². The minimum absolute atomic E-state index is 0.351. The third-order valence-electron chi connectivity index (χ3n) is 5.05. The fourth-order valence-electron chi connectivity index (χ4n) is 3.73. The van der Waals surface area contributed by atoms with Gasteiger partial charge in [0.2, 0.25) is 0 Å². The average Bonchev–Trinajstić information content (AvgIpc) is 2.71. The number of likely N-dealkylation sites (tertiary alicyclic amines) is 1. The predicted molar refractivity (Wildman–Crippen MR) is 75.1 cm³/mol. The summed E-state index contributed by atoms with van der Waals surface area (Å²) in [6, 6.07) is 11.9. The maximum absolute atomic E-state index is 6.25. The summed E-state index contributed by atoms with van der Waals surface area (Å²) in [5, 5.41) is 0. The molecule has 2 N–H and O–H groups in total. The van der Waals surface area contributed by atoms with Crippen LogP contribution >= 0.6 is 0 Å². The fourth-order valence-corrected chi connectivity index (χ4v) is 3.73. The Kier molecular flexibility index (Phi) is 2.95. The van der Waals surface area contributed by atoms with Gasteiger partial charge in [-0.05, 0) is 36.3 Å². The van der Waals surface area contributed by atoms with Gasteiger partial charge < -0.3 is 5.73 Å². The molecule has 0 aromatic heterocycles. The lowest BCUT2D eigenvalue weighted by atomic mass is 10.0. The molecule has 98 valence electrons. The van der Waals surface area contributed by atoms with Gasteiger partial charge in [0.05, 0.1) is 0 Å². The number of hydrogen-bond donors (Lipinski definition) is 1. The highest BCUT2D eigenvalue weighted by molar-refractivity contribution is 5.18. The Morgan fingerprint density at radius 1 is 1.28 bits per heavy atom. The van der Waals surface area contributed by atoms with Gasteiger partial charge in [-0.1, -0.05) is 44.2 Å². The summed E-state index contributed by atoms with van der Waals surface area (Å²) in [5.74, 6) is 0.698. The molecule has 1 heterocycles. The van der Waals surface area contributed by atoms with Crippen molar-refractivity contribution in [3.63, 3.8) is 0 Å². The molecule has 1 aliphatic carbocycles. The van der Waals surface area contributed by atoms with E-state index >= 15 is 0 Å². The Hall–Kier alpha value is -0.860. The molecule has 1 saturated carbocycles. The van der Waals surface area contributed by atoms with Crippen molar-refractivity contribution in [2.75, 3.05) is 6.54 Å². The molecule has 18 heavy (non-hydrogen) atoms. The summed E-state index contributed by atoms with van der Waals surface area (Å²) in [4.78, 5) is 2.65. The Labute approximate surface area is 110 Å². The van der Waals surface area contributed by atoms with E-state index in [-0.39, 0.29) is 0 Å². The Morgan fingerprint density at radius 2 is 1.94 bits per heavy atom. The van der Waals surface area contributed by atoms with Crippen molar-refractivity contribution in [3.8, 4) is 0 Å². The molecule has 2 heteroatoms. The Bertz CT molecular complexity index is 412. The minimum Gasteiger partial charge on any atom is -0.327 e. The maximum Gasteiger partial charge on any atom is 0.0236 e. The van der Waals surface area contributed by atoms with Crippen molar-refractivity contribution in [1.29, 1.82) is 0 Å². The first-order chi connectivity index (χ1) is 8.60. The zero-order valence-electron chi connectivity index (χ0n) is 11.5. The lowest BCUT2D eigenvalue weighted by Gasteiger charge is -2.25. The van der Waals surface area contributed by atoms with E-state index < -0.39 is 0 Å². The van der Waals surface area contributed by atoms with E-state index in [9.17, 15) is 0 Å². The SMILES string of the molecule is CC1(C)[C@@H](N)[C@@H]1C1CCCN1Cc1ccccc1. The number of benzene rings is 1. The monoisotopic (exact) mass is 244 g/mol. The third kappa shape index (κ3) is 1.98. The average molecular weight is 244 g/mol. The van der Waals surface area contributed by atoms with Crippen molar-refractivity contribution in [2.24, 2.45) is 17.1 Å². The summed E-state index contributed by atoms with van der Waals surface area (Å²) < 4.78 is 0. The predicted octanol–water partition coefficient (Wildman–Crippen LogP) is 2.63. The molecule has 0 amide bonds. The van der Waals surface area contributed by atoms with E-state index in [1.807, 2.05) is 0 Å². The molecule has 1 saturated heterocycles. The van der Waals surface area contributed by atoms with Crippen molar-refractivity contribution in [2.45, 2.75) is 45.3 Å². The van der Waals surface area contributed by atoms with Crippen LogP contribution in [0.15, 0.2) is 30.3 Å². The molecule has 2 nitrogen and oxygen atoms in total. The summed E-state index contributed by atoms with van der Waals surface area (Å²) in [6.45, 7) is 6.96. The number of nitrogens with two attached hydrogens (primary N) is 1. The van der Waals surface area contributed by atoms with Gasteiger partial charge in [-0.25, -0.2) is 0 Å². The fraction of sp³-hybridized carbons (Fsp3) is 0.625. The Balaban J connectivity index is 1.69. The van der Waals surface area contributed by atoms with Gasteiger partial charge in [-0.2, -0.15) is 0 Å². The van der Waals surface area contributed by atoms with E-state index in [0.29, 0.717) is 23.4 Å². The lowest BCUT2D eigenvalue weighted by Crippen LogP contribution is -2.32. The van der Waals surface area contributed by atoms with Crippen LogP contribution in [0.5, 0.6) is 0 Å². The summed E-state index contributed by atoms with van der Waals surface area (Å²) in [5.41, 5.74) is 8.03. The van der Waals surface area contributed by atoms with Crippen molar-refractivity contribution < 1.29 is 0 Å². The largest absolute Gasteiger partial charge is 0.327 e. The summed E-state index contributed by atoms with van der Waals surface area (Å²) >= 11 is 0. The molecule has 3 atom stereocenters. The molecular formula is C16H24N2. The second-order valence-corrected chi connectivity index (χ2v) is 6.54. The second kappa shape index (κ2) is 4.36. The Morgan fingerprint density at radius 3 is 2.56 bits per heavy atom. The molecule has 0 radical (unpaired) electrons. The molecule has 2 aliphatic rings. The van der Waals surface area contributed by atoms with E-state index in [2.05, 4.69) is 49.1 Å². The molecule has 1 unspecified atom stereocenters. The van der Waals surface area contributed by atoms with Gasteiger partial charge >= 0.3 is 0 Å². The molecule has 3 rings (SSSR count). The lowest BCUT2D eigenvalue weighted by molar-refractivity contribution is 0.207. The van der Waals surface area contributed by atoms with Crippen LogP contribution in [0.1, 0.15) is 32.3 Å². The van der Waals surface area contributed by atoms with Crippen LogP contribution in [-0.2, 0) is 6.54 Å². The van der Waals surface area contributed by atoms with Crippen LogP contribution in [0.4, 0.5) is 0 Å². The molecule has 1 aromatic rings. The van der Waals surface area contributed by atoms with E-state index in [4.69, 9.17) is 5.73 Å². The first kappa shape index (κ1) is 12.2. The topological polar surface area (TPSA) is 29.3 Å². The van der Waals surface area contributed by atoms with Gasteiger partial charge in [-0.15, -0.1) is 0 Å². The molecule has 0 bridgehead atoms. The minimum atomic E-state index is 0.351. The maximum atomic E-state index is 6.25. The molecule has 2 fully saturated rings. The quantitative estimate of drug-likeness (QED) is 0.885.